The molecule has 2 aliphatic rings. The van der Waals surface area contributed by atoms with Gasteiger partial charge in [-0.2, -0.15) is 5.10 Å². The molecule has 1 saturated heterocycles. The molecule has 4 heterocycles. The minimum Gasteiger partial charge on any atom is -0.481 e. The smallest absolute Gasteiger partial charge is 0.356 e. The van der Waals surface area contributed by atoms with Crippen LogP contribution in [-0.2, 0) is 119 Å². The van der Waals surface area contributed by atoms with Crippen LogP contribution in [0.15, 0.2) is 42.6 Å². The first-order valence-corrected chi connectivity index (χ1v) is 39.9. The van der Waals surface area contributed by atoms with Crippen molar-refractivity contribution in [3.05, 3.63) is 65.4 Å². The zero-order valence-corrected chi connectivity index (χ0v) is 66.3. The average Bonchev–Trinajstić information content (AvgIpc) is 1.85. The van der Waals surface area contributed by atoms with Crippen molar-refractivity contribution in [2.24, 2.45) is 11.7 Å². The molecule has 0 unspecified atom stereocenters. The first-order chi connectivity index (χ1) is 55.6. The minimum atomic E-state index is -4.77. The van der Waals surface area contributed by atoms with Crippen molar-refractivity contribution in [1.82, 2.24) is 72.0 Å². The zero-order chi connectivity index (χ0) is 84.2. The van der Waals surface area contributed by atoms with Crippen molar-refractivity contribution in [3.63, 3.8) is 0 Å². The number of piperazine rings is 1. The fraction of sp³-hybridized carbons (Fsp3) is 0.639. The number of carbonyl (C=O) groups excluding carboxylic acids is 8. The van der Waals surface area contributed by atoms with Gasteiger partial charge in [0.1, 0.15) is 60.9 Å². The summed E-state index contributed by atoms with van der Waals surface area (Å²) >= 11 is 0. The van der Waals surface area contributed by atoms with E-state index < -0.39 is 166 Å². The van der Waals surface area contributed by atoms with Crippen LogP contribution in [0.2, 0.25) is 0 Å². The average molecular weight is 1660 g/mol. The number of nitrogens with one attached hydrogen (secondary N) is 8. The second kappa shape index (κ2) is 52.0. The van der Waals surface area contributed by atoms with Gasteiger partial charge in [-0.3, -0.25) is 62.4 Å². The maximum atomic E-state index is 14.2. The monoisotopic (exact) mass is 1660 g/mol. The second-order valence-electron chi connectivity index (χ2n) is 27.1. The number of benzene rings is 1. The number of ether oxygens (including phenoxy) is 9. The van der Waals surface area contributed by atoms with Gasteiger partial charge in [0.2, 0.25) is 47.3 Å². The standard InChI is InChI=1S/C72H110N17O26P/c1-4-47(2)67(68(73)99)82-71(102)55(14-18-66(97)98)78-70(101)54(13-17-65(95)96)79-72(103)57(41-49-5-10-52(11-6-49)116(104,105)106)80-69(100)53(12-16-64(93)94)77-62(91)46-115-45-61(90)74-19-25-107-27-29-109-31-33-111-35-37-113-39-40-114-38-36-112-34-32-110-30-28-108-26-24-89-44-51(83-86-89)9-15-63(92)88-22-20-87(21-23-88)60-43-58(75-48(3)76-60)81-59-42-56(84-85-59)50-7-8-50/h5-6,10-11,42-44,47,50,53-55,57,67H,4,7-9,12-41,45-46H2,1-3H3,(H2,73,99)(H,74,90)(H,77,91)(H,78,101)(H,79,103)(H,80,100)(H,82,102)(H,93,94)(H,95,96)(H,97,98)(H2,104,105,106)(H2,75,76,81,84,85)/t47-,53-,54-,55-,57-,67-/m0/s1. The number of aromatic nitrogens is 7. The van der Waals surface area contributed by atoms with E-state index in [1.54, 1.807) is 18.5 Å². The number of rotatable bonds is 62. The molecule has 15 N–H and O–H groups in total. The molecule has 3 aromatic heterocycles. The molecule has 1 saturated carbocycles. The summed E-state index contributed by atoms with van der Waals surface area (Å²) in [5.74, 6) is -8.45. The van der Waals surface area contributed by atoms with E-state index in [-0.39, 0.29) is 44.4 Å². The third kappa shape index (κ3) is 37.9. The number of nitrogens with zero attached hydrogens (tertiary/aromatic N) is 8. The number of primary amides is 1. The highest BCUT2D eigenvalue weighted by molar-refractivity contribution is 7.60. The Bertz CT molecular complexity index is 3800. The fourth-order valence-electron chi connectivity index (χ4n) is 11.3. The van der Waals surface area contributed by atoms with Gasteiger partial charge >= 0.3 is 25.5 Å². The molecule has 6 atom stereocenters. The summed E-state index contributed by atoms with van der Waals surface area (Å²) in [4.78, 5) is 174. The maximum Gasteiger partial charge on any atom is 0.356 e. The van der Waals surface area contributed by atoms with Crippen molar-refractivity contribution in [1.29, 1.82) is 0 Å². The van der Waals surface area contributed by atoms with Crippen LogP contribution in [0.3, 0.4) is 0 Å². The van der Waals surface area contributed by atoms with Crippen LogP contribution in [0.5, 0.6) is 0 Å². The van der Waals surface area contributed by atoms with Gasteiger partial charge in [0.25, 0.3) is 0 Å². The molecule has 0 radical (unpaired) electrons. The van der Waals surface area contributed by atoms with E-state index in [0.717, 1.165) is 35.2 Å². The molecule has 0 bridgehead atoms. The zero-order valence-electron chi connectivity index (χ0n) is 65.5. The number of amides is 8. The predicted molar refractivity (Wildman–Crippen MR) is 409 cm³/mol. The lowest BCUT2D eigenvalue weighted by Gasteiger charge is -2.35. The van der Waals surface area contributed by atoms with Gasteiger partial charge in [-0.25, -0.2) is 14.6 Å². The van der Waals surface area contributed by atoms with E-state index in [0.29, 0.717) is 149 Å². The van der Waals surface area contributed by atoms with Crippen LogP contribution in [0.4, 0.5) is 17.5 Å². The van der Waals surface area contributed by atoms with Crippen LogP contribution in [0.1, 0.15) is 107 Å². The normalized spacial score (nSPS) is 14.5. The van der Waals surface area contributed by atoms with Crippen molar-refractivity contribution in [2.75, 3.05) is 162 Å². The Morgan fingerprint density at radius 2 is 1.07 bits per heavy atom. The molecule has 0 spiro atoms. The van der Waals surface area contributed by atoms with Crippen LogP contribution < -0.4 is 53.2 Å². The van der Waals surface area contributed by atoms with E-state index in [9.17, 15) is 82.4 Å². The number of hydrogen-bond acceptors (Lipinski definition) is 28. The number of carboxylic acid groups (broad SMARTS) is 3. The van der Waals surface area contributed by atoms with Crippen LogP contribution in [0.25, 0.3) is 0 Å². The third-order valence-electron chi connectivity index (χ3n) is 18.0. The molecule has 1 aliphatic carbocycles. The molecule has 8 amide bonds. The lowest BCUT2D eigenvalue weighted by atomic mass is 9.97. The van der Waals surface area contributed by atoms with Crippen LogP contribution >= 0.6 is 7.60 Å². The topological polar surface area (TPSA) is 591 Å². The van der Waals surface area contributed by atoms with Gasteiger partial charge in [-0.1, -0.05) is 37.6 Å². The number of aryl methyl sites for hydroxylation is 2. The van der Waals surface area contributed by atoms with Gasteiger partial charge in [-0.15, -0.1) is 5.10 Å². The Kier molecular flexibility index (Phi) is 42.6. The van der Waals surface area contributed by atoms with Gasteiger partial charge in [0, 0.05) is 101 Å². The molecule has 44 heteroatoms. The Hall–Kier alpha value is -9.79. The number of carbonyl (C=O) groups is 11. The quantitative estimate of drug-likeness (QED) is 0.0166. The molecule has 43 nitrogen and oxygen atoms in total. The summed E-state index contributed by atoms with van der Waals surface area (Å²) < 4.78 is 63.2. The Morgan fingerprint density at radius 3 is 1.57 bits per heavy atom. The third-order valence-corrected chi connectivity index (χ3v) is 18.9. The summed E-state index contributed by atoms with van der Waals surface area (Å²) in [6.45, 7) is 12.1. The predicted octanol–water partition coefficient (Wildman–Crippen LogP) is -2.14. The van der Waals surface area contributed by atoms with E-state index in [2.05, 4.69) is 72.6 Å². The lowest BCUT2D eigenvalue weighted by Crippen LogP contribution is -2.60. The SMILES string of the molecule is CC[C@H](C)[C@H](NC(=O)[C@H](CCC(=O)O)NC(=O)[C@H](CCC(=O)O)NC(=O)[C@H](Cc1ccc(P(=O)(O)O)cc1)NC(=O)[C@H](CCC(=O)O)NC(=O)COCC(=O)NCCOCCOCCOCCOCCOCCOCCOCCOCCn1cc(CCC(=O)N2CCN(c3cc(Nc4cc(C5CC5)[nH]n4)nc(C)n3)CC2)nn1)C(N)=O. The summed E-state index contributed by atoms with van der Waals surface area (Å²) in [6, 6.07) is 0.158. The minimum absolute atomic E-state index is 0.0478. The number of hydrogen-bond donors (Lipinski definition) is 14. The lowest BCUT2D eigenvalue weighted by molar-refractivity contribution is -0.140. The first kappa shape index (κ1) is 95.1. The van der Waals surface area contributed by atoms with Crippen LogP contribution in [-0.4, -0.2) is 312 Å². The van der Waals surface area contributed by atoms with Gasteiger partial charge < -0.3 is 120 Å². The molecular weight excluding hydrogens is 1550 g/mol. The number of anilines is 3. The molecule has 4 aromatic rings. The summed E-state index contributed by atoms with van der Waals surface area (Å²) in [7, 11) is -4.77. The first-order valence-electron chi connectivity index (χ1n) is 38.3. The highest BCUT2D eigenvalue weighted by atomic mass is 31.2. The van der Waals surface area contributed by atoms with Crippen molar-refractivity contribution in [2.45, 2.75) is 140 Å². The molecule has 1 aliphatic heterocycles. The number of aromatic amines is 1. The molecule has 116 heavy (non-hydrogen) atoms. The number of aliphatic carboxylic acids is 3. The highest BCUT2D eigenvalue weighted by Crippen LogP contribution is 2.40. The highest BCUT2D eigenvalue weighted by Gasteiger charge is 2.35. The number of carboxylic acids is 3. The summed E-state index contributed by atoms with van der Waals surface area (Å²) in [5, 5.41) is 61.4. The number of H-pyrrole nitrogens is 1. The maximum absolute atomic E-state index is 14.2. The Balaban J connectivity index is 0.746. The van der Waals surface area contributed by atoms with Crippen molar-refractivity contribution >= 4 is 95.5 Å². The number of nitrogens with two attached hydrogens (primary N) is 1. The van der Waals surface area contributed by atoms with Crippen molar-refractivity contribution < 1.29 is 125 Å². The Morgan fingerprint density at radius 1 is 0.586 bits per heavy atom. The molecule has 644 valence electrons. The molecular formula is C72H110N17O26P. The second-order valence-corrected chi connectivity index (χ2v) is 28.7. The van der Waals surface area contributed by atoms with Gasteiger partial charge in [0.15, 0.2) is 5.82 Å². The summed E-state index contributed by atoms with van der Waals surface area (Å²) in [6.07, 6.45) is 0.942. The molecule has 6 rings (SSSR count). The molecule has 2 fully saturated rings. The van der Waals surface area contributed by atoms with Gasteiger partial charge in [0.05, 0.1) is 123 Å². The van der Waals surface area contributed by atoms with E-state index in [1.165, 1.54) is 25.0 Å². The van der Waals surface area contributed by atoms with E-state index in [4.69, 9.17) is 48.4 Å². The van der Waals surface area contributed by atoms with E-state index in [1.807, 2.05) is 30.2 Å². The summed E-state index contributed by atoms with van der Waals surface area (Å²) in [5.41, 5.74) is 7.52. The molecule has 1 aromatic carbocycles. The Labute approximate surface area is 669 Å². The van der Waals surface area contributed by atoms with Crippen LogP contribution in [0, 0.1) is 12.8 Å². The van der Waals surface area contributed by atoms with E-state index >= 15 is 0 Å². The fourth-order valence-corrected chi connectivity index (χ4v) is 11.9. The van der Waals surface area contributed by atoms with Gasteiger partial charge in [-0.05, 0) is 62.6 Å². The largest absolute Gasteiger partial charge is 0.481 e. The van der Waals surface area contributed by atoms with Crippen molar-refractivity contribution in [3.8, 4) is 0 Å².